The molecule has 1 heterocycles. The van der Waals surface area contributed by atoms with Gasteiger partial charge in [0.15, 0.2) is 0 Å². The lowest BCUT2D eigenvalue weighted by molar-refractivity contribution is 0.0652. The van der Waals surface area contributed by atoms with Crippen molar-refractivity contribution in [3.63, 3.8) is 0 Å². The molecule has 0 saturated heterocycles. The summed E-state index contributed by atoms with van der Waals surface area (Å²) in [5, 5.41) is 0.261. The van der Waals surface area contributed by atoms with Gasteiger partial charge in [0.25, 0.3) is 5.91 Å². The summed E-state index contributed by atoms with van der Waals surface area (Å²) in [5.74, 6) is -1.15. The van der Waals surface area contributed by atoms with E-state index in [9.17, 15) is 14.0 Å². The van der Waals surface area contributed by atoms with E-state index in [0.29, 0.717) is 35.1 Å². The molecule has 2 N–H and O–H groups in total. The molecule has 0 saturated carbocycles. The maximum absolute atomic E-state index is 14.5. The highest BCUT2D eigenvalue weighted by Gasteiger charge is 2.35. The SMILES string of the molecule is COc1ncccc1C(=O)N(Cc1ccccc1C(N)=O)[C@@H]1CCc2c(F)cc(Cl)cc21. The molecule has 2 amide bonds. The lowest BCUT2D eigenvalue weighted by atomic mass is 10.0. The number of pyridine rings is 1. The van der Waals surface area contributed by atoms with Crippen molar-refractivity contribution in [2.24, 2.45) is 5.73 Å². The van der Waals surface area contributed by atoms with Crippen LogP contribution in [0.4, 0.5) is 4.39 Å². The molecule has 0 spiro atoms. The minimum Gasteiger partial charge on any atom is -0.480 e. The highest BCUT2D eigenvalue weighted by atomic mass is 35.5. The number of nitrogens with zero attached hydrogens (tertiary/aromatic N) is 2. The van der Waals surface area contributed by atoms with Gasteiger partial charge in [-0.25, -0.2) is 9.37 Å². The Morgan fingerprint density at radius 2 is 1.97 bits per heavy atom. The van der Waals surface area contributed by atoms with Gasteiger partial charge in [0.1, 0.15) is 11.4 Å². The summed E-state index contributed by atoms with van der Waals surface area (Å²) in [6.07, 6.45) is 2.51. The van der Waals surface area contributed by atoms with Crippen molar-refractivity contribution in [3.8, 4) is 5.88 Å². The van der Waals surface area contributed by atoms with Gasteiger partial charge in [0.2, 0.25) is 11.8 Å². The zero-order valence-electron chi connectivity index (χ0n) is 17.3. The van der Waals surface area contributed by atoms with Gasteiger partial charge < -0.3 is 15.4 Å². The van der Waals surface area contributed by atoms with Crippen LogP contribution in [-0.2, 0) is 13.0 Å². The second-order valence-corrected chi connectivity index (χ2v) is 7.96. The van der Waals surface area contributed by atoms with E-state index in [1.54, 1.807) is 47.4 Å². The van der Waals surface area contributed by atoms with Crippen molar-refractivity contribution in [1.82, 2.24) is 9.88 Å². The summed E-state index contributed by atoms with van der Waals surface area (Å²) in [6, 6.07) is 12.6. The molecule has 0 aliphatic heterocycles. The van der Waals surface area contributed by atoms with Crippen LogP contribution in [0.15, 0.2) is 54.7 Å². The van der Waals surface area contributed by atoms with E-state index in [-0.39, 0.29) is 34.7 Å². The largest absolute Gasteiger partial charge is 0.480 e. The van der Waals surface area contributed by atoms with Crippen LogP contribution in [0.1, 0.15) is 49.9 Å². The van der Waals surface area contributed by atoms with Crippen LogP contribution in [-0.4, -0.2) is 28.8 Å². The number of aromatic nitrogens is 1. The third kappa shape index (κ3) is 4.03. The van der Waals surface area contributed by atoms with Gasteiger partial charge in [-0.15, -0.1) is 0 Å². The average molecular weight is 454 g/mol. The molecule has 0 radical (unpaired) electrons. The maximum atomic E-state index is 14.5. The summed E-state index contributed by atoms with van der Waals surface area (Å²) in [5.41, 5.74) is 7.92. The van der Waals surface area contributed by atoms with Crippen molar-refractivity contribution in [2.45, 2.75) is 25.4 Å². The van der Waals surface area contributed by atoms with E-state index in [1.807, 2.05) is 0 Å². The molecule has 0 unspecified atom stereocenters. The number of primary amides is 1. The predicted molar refractivity (Wildman–Crippen MR) is 118 cm³/mol. The summed E-state index contributed by atoms with van der Waals surface area (Å²) in [7, 11) is 1.44. The van der Waals surface area contributed by atoms with Crippen LogP contribution in [0, 0.1) is 5.82 Å². The number of carbonyl (C=O) groups excluding carboxylic acids is 2. The molecule has 0 fully saturated rings. The average Bonchev–Trinajstić information content (AvgIpc) is 3.21. The van der Waals surface area contributed by atoms with Crippen molar-refractivity contribution in [3.05, 3.63) is 93.4 Å². The zero-order chi connectivity index (χ0) is 22.8. The number of rotatable bonds is 6. The number of halogens is 2. The smallest absolute Gasteiger partial charge is 0.260 e. The maximum Gasteiger partial charge on any atom is 0.260 e. The Hall–Kier alpha value is -3.45. The summed E-state index contributed by atoms with van der Waals surface area (Å²) >= 11 is 6.14. The first-order valence-corrected chi connectivity index (χ1v) is 10.4. The minimum absolute atomic E-state index is 0.0915. The molecule has 1 aromatic heterocycles. The number of methoxy groups -OCH3 is 1. The predicted octanol–water partition coefficient (Wildman–Crippen LogP) is 4.31. The van der Waals surface area contributed by atoms with Gasteiger partial charge in [-0.05, 0) is 59.9 Å². The highest BCUT2D eigenvalue weighted by molar-refractivity contribution is 6.30. The van der Waals surface area contributed by atoms with Crippen LogP contribution >= 0.6 is 11.6 Å². The van der Waals surface area contributed by atoms with Crippen LogP contribution in [0.3, 0.4) is 0 Å². The summed E-state index contributed by atoms with van der Waals surface area (Å²) in [4.78, 5) is 31.4. The molecule has 164 valence electrons. The molecule has 0 bridgehead atoms. The zero-order valence-corrected chi connectivity index (χ0v) is 18.1. The van der Waals surface area contributed by atoms with E-state index in [1.165, 1.54) is 19.4 Å². The standard InChI is InChI=1S/C24H21ClFN3O3/c1-32-23-18(7-4-10-28-23)24(31)29(13-14-5-2-3-6-16(14)22(27)30)21-9-8-17-19(21)11-15(25)12-20(17)26/h2-7,10-12,21H,8-9,13H2,1H3,(H2,27,30)/t21-/m1/s1. The number of hydrogen-bond acceptors (Lipinski definition) is 4. The number of hydrogen-bond donors (Lipinski definition) is 1. The van der Waals surface area contributed by atoms with Crippen molar-refractivity contribution in [2.75, 3.05) is 7.11 Å². The normalized spacial score (nSPS) is 14.7. The molecule has 2 aromatic carbocycles. The monoisotopic (exact) mass is 453 g/mol. The number of fused-ring (bicyclic) bond motifs is 1. The fraction of sp³-hybridized carbons (Fsp3) is 0.208. The number of carbonyl (C=O) groups is 2. The highest BCUT2D eigenvalue weighted by Crippen LogP contribution is 2.40. The fourth-order valence-electron chi connectivity index (χ4n) is 4.22. The molecule has 4 rings (SSSR count). The lowest BCUT2D eigenvalue weighted by Gasteiger charge is -2.31. The number of amides is 2. The van der Waals surface area contributed by atoms with Crippen molar-refractivity contribution in [1.29, 1.82) is 0 Å². The third-order valence-corrected chi connectivity index (χ3v) is 5.90. The molecular formula is C24H21ClFN3O3. The summed E-state index contributed by atoms with van der Waals surface area (Å²) in [6.45, 7) is 0.0915. The molecule has 1 aliphatic carbocycles. The summed E-state index contributed by atoms with van der Waals surface area (Å²) < 4.78 is 19.8. The molecule has 1 aliphatic rings. The van der Waals surface area contributed by atoms with E-state index in [2.05, 4.69) is 4.98 Å². The van der Waals surface area contributed by atoms with Gasteiger partial charge in [-0.2, -0.15) is 0 Å². The Morgan fingerprint density at radius 1 is 1.22 bits per heavy atom. The number of benzene rings is 2. The van der Waals surface area contributed by atoms with E-state index in [0.717, 1.165) is 0 Å². The van der Waals surface area contributed by atoms with Gasteiger partial charge in [-0.3, -0.25) is 9.59 Å². The molecule has 1 atom stereocenters. The van der Waals surface area contributed by atoms with Gasteiger partial charge in [0, 0.05) is 23.3 Å². The number of nitrogens with two attached hydrogens (primary N) is 1. The molecule has 3 aromatic rings. The van der Waals surface area contributed by atoms with E-state index >= 15 is 0 Å². The van der Waals surface area contributed by atoms with E-state index < -0.39 is 11.9 Å². The Kier molecular flexibility index (Phi) is 6.10. The van der Waals surface area contributed by atoms with Gasteiger partial charge in [-0.1, -0.05) is 29.8 Å². The lowest BCUT2D eigenvalue weighted by Crippen LogP contribution is -2.34. The Bertz CT molecular complexity index is 1200. The van der Waals surface area contributed by atoms with Crippen LogP contribution in [0.25, 0.3) is 0 Å². The first-order chi connectivity index (χ1) is 15.4. The van der Waals surface area contributed by atoms with Gasteiger partial charge in [0.05, 0.1) is 13.2 Å². The quantitative estimate of drug-likeness (QED) is 0.602. The number of ether oxygens (including phenoxy) is 1. The molecule has 8 heteroatoms. The Labute approximate surface area is 189 Å². The topological polar surface area (TPSA) is 85.5 Å². The van der Waals surface area contributed by atoms with Gasteiger partial charge >= 0.3 is 0 Å². The van der Waals surface area contributed by atoms with Crippen molar-refractivity contribution >= 4 is 23.4 Å². The molecule has 6 nitrogen and oxygen atoms in total. The first-order valence-electron chi connectivity index (χ1n) is 10.1. The minimum atomic E-state index is -0.590. The molecule has 32 heavy (non-hydrogen) atoms. The second-order valence-electron chi connectivity index (χ2n) is 7.52. The second kappa shape index (κ2) is 8.96. The van der Waals surface area contributed by atoms with Crippen LogP contribution in [0.5, 0.6) is 5.88 Å². The van der Waals surface area contributed by atoms with E-state index in [4.69, 9.17) is 22.1 Å². The molecular weight excluding hydrogens is 433 g/mol. The Morgan fingerprint density at radius 3 is 2.72 bits per heavy atom. The first kappa shape index (κ1) is 21.8. The van der Waals surface area contributed by atoms with Crippen molar-refractivity contribution < 1.29 is 18.7 Å². The third-order valence-electron chi connectivity index (χ3n) is 5.68. The Balaban J connectivity index is 1.82. The fourth-order valence-corrected chi connectivity index (χ4v) is 4.43. The van der Waals surface area contributed by atoms with Crippen LogP contribution < -0.4 is 10.5 Å². The van der Waals surface area contributed by atoms with Crippen LogP contribution in [0.2, 0.25) is 5.02 Å².